The molecule has 0 radical (unpaired) electrons. The van der Waals surface area contributed by atoms with Crippen molar-refractivity contribution in [2.24, 2.45) is 0 Å². The van der Waals surface area contributed by atoms with Gasteiger partial charge < -0.3 is 9.30 Å². The molecule has 8 nitrogen and oxygen atoms in total. The lowest BCUT2D eigenvalue weighted by molar-refractivity contribution is -0.384. The van der Waals surface area contributed by atoms with Crippen LogP contribution in [0.1, 0.15) is 21.6 Å². The summed E-state index contributed by atoms with van der Waals surface area (Å²) in [5, 5.41) is 11.5. The number of imidazole rings is 1. The van der Waals surface area contributed by atoms with Crippen LogP contribution in [0.25, 0.3) is 28.0 Å². The van der Waals surface area contributed by atoms with E-state index in [0.717, 1.165) is 29.0 Å². The number of hydrogen-bond acceptors (Lipinski definition) is 5. The third kappa shape index (κ3) is 5.84. The van der Waals surface area contributed by atoms with Crippen LogP contribution in [0, 0.1) is 10.1 Å². The third-order valence-corrected chi connectivity index (χ3v) is 7.65. The van der Waals surface area contributed by atoms with Crippen LogP contribution < -0.4 is 0 Å². The zero-order valence-corrected chi connectivity index (χ0v) is 22.9. The van der Waals surface area contributed by atoms with Crippen LogP contribution in [0.2, 0.25) is 0 Å². The summed E-state index contributed by atoms with van der Waals surface area (Å²) in [6, 6.07) is 24.5. The summed E-state index contributed by atoms with van der Waals surface area (Å²) in [7, 11) is 0. The highest BCUT2D eigenvalue weighted by Gasteiger charge is 2.31. The second-order valence-corrected chi connectivity index (χ2v) is 10.4. The molecule has 0 N–H and O–H groups in total. The molecule has 0 atom stereocenters. The van der Waals surface area contributed by atoms with Gasteiger partial charge in [-0.1, -0.05) is 42.5 Å². The molecular weight excluding hydrogens is 559 g/mol. The Bertz CT molecular complexity index is 1800. The van der Waals surface area contributed by atoms with Gasteiger partial charge in [0.2, 0.25) is 0 Å². The first-order chi connectivity index (χ1) is 20.7. The number of carbonyl (C=O) groups is 1. The van der Waals surface area contributed by atoms with Crippen molar-refractivity contribution in [3.05, 3.63) is 124 Å². The van der Waals surface area contributed by atoms with Crippen molar-refractivity contribution in [1.82, 2.24) is 19.2 Å². The molecule has 3 aromatic carbocycles. The number of benzene rings is 3. The highest BCUT2D eigenvalue weighted by Crippen LogP contribution is 2.31. The highest BCUT2D eigenvalue weighted by molar-refractivity contribution is 5.94. The first kappa shape index (κ1) is 28.1. The van der Waals surface area contributed by atoms with Gasteiger partial charge in [-0.05, 0) is 47.5 Å². The quantitative estimate of drug-likeness (QED) is 0.167. The molecule has 6 rings (SSSR count). The number of nitrogens with zero attached hydrogens (tertiary/aromatic N) is 5. The van der Waals surface area contributed by atoms with Crippen molar-refractivity contribution in [2.75, 3.05) is 26.2 Å². The number of piperazine rings is 1. The third-order valence-electron chi connectivity index (χ3n) is 7.65. The Hall–Kier alpha value is -5.03. The summed E-state index contributed by atoms with van der Waals surface area (Å²) in [4.78, 5) is 32.8. The van der Waals surface area contributed by atoms with E-state index in [4.69, 9.17) is 4.98 Å². The lowest BCUT2D eigenvalue weighted by Crippen LogP contribution is -2.48. The second-order valence-electron chi connectivity index (χ2n) is 10.4. The number of halogens is 3. The summed E-state index contributed by atoms with van der Waals surface area (Å²) in [6.07, 6.45) is -2.45. The molecule has 1 saturated heterocycles. The van der Waals surface area contributed by atoms with Crippen LogP contribution in [0.5, 0.6) is 0 Å². The second kappa shape index (κ2) is 11.3. The number of non-ortho nitro benzene ring substituents is 1. The maximum Gasteiger partial charge on any atom is 0.416 e. The first-order valence-electron chi connectivity index (χ1n) is 13.7. The van der Waals surface area contributed by atoms with Crippen molar-refractivity contribution in [2.45, 2.75) is 12.7 Å². The number of aromatic nitrogens is 2. The summed E-state index contributed by atoms with van der Waals surface area (Å²) >= 11 is 0. The van der Waals surface area contributed by atoms with E-state index in [9.17, 15) is 28.1 Å². The lowest BCUT2D eigenvalue weighted by Gasteiger charge is -2.34. The Morgan fingerprint density at radius 1 is 0.837 bits per heavy atom. The zero-order valence-electron chi connectivity index (χ0n) is 22.9. The molecule has 0 aliphatic carbocycles. The zero-order chi connectivity index (χ0) is 30.1. The van der Waals surface area contributed by atoms with Crippen molar-refractivity contribution < 1.29 is 22.9 Å². The number of nitro benzene ring substituents is 1. The number of pyridine rings is 1. The molecule has 0 unspecified atom stereocenters. The molecule has 1 aliphatic rings. The van der Waals surface area contributed by atoms with Crippen LogP contribution in [-0.4, -0.2) is 56.2 Å². The van der Waals surface area contributed by atoms with Gasteiger partial charge in [-0.25, -0.2) is 4.98 Å². The van der Waals surface area contributed by atoms with E-state index in [1.54, 1.807) is 17.0 Å². The average molecular weight is 586 g/mol. The van der Waals surface area contributed by atoms with Gasteiger partial charge >= 0.3 is 6.18 Å². The highest BCUT2D eigenvalue weighted by atomic mass is 19.4. The Labute approximate surface area is 244 Å². The van der Waals surface area contributed by atoms with Gasteiger partial charge in [-0.3, -0.25) is 19.8 Å². The Morgan fingerprint density at radius 2 is 1.53 bits per heavy atom. The summed E-state index contributed by atoms with van der Waals surface area (Å²) in [5.41, 5.74) is 4.24. The SMILES string of the molecule is O=C(c1ccc(C(F)(F)F)cc1)N1CCN(Cc2c(-c3cccc([N+](=O)[O-])c3)nc3ccc(-c4ccccc4)cn23)CC1. The first-order valence-corrected chi connectivity index (χ1v) is 13.7. The molecule has 218 valence electrons. The van der Waals surface area contributed by atoms with Crippen molar-refractivity contribution in [3.8, 4) is 22.4 Å². The fraction of sp³-hybridized carbons (Fsp3) is 0.188. The van der Waals surface area contributed by atoms with Crippen LogP contribution in [0.3, 0.4) is 0 Å². The van der Waals surface area contributed by atoms with Gasteiger partial charge in [-0.2, -0.15) is 13.2 Å². The molecule has 2 aromatic heterocycles. The molecule has 0 bridgehead atoms. The maximum absolute atomic E-state index is 13.0. The van der Waals surface area contributed by atoms with E-state index in [0.29, 0.717) is 49.6 Å². The van der Waals surface area contributed by atoms with Crippen molar-refractivity contribution in [3.63, 3.8) is 0 Å². The molecule has 0 spiro atoms. The molecule has 43 heavy (non-hydrogen) atoms. The minimum absolute atomic E-state index is 0.0270. The molecule has 11 heteroatoms. The maximum atomic E-state index is 13.0. The lowest BCUT2D eigenvalue weighted by atomic mass is 10.1. The number of carbonyl (C=O) groups excluding carboxylic acids is 1. The van der Waals surface area contributed by atoms with E-state index in [1.807, 2.05) is 53.1 Å². The van der Waals surface area contributed by atoms with Crippen LogP contribution in [-0.2, 0) is 12.7 Å². The summed E-state index contributed by atoms with van der Waals surface area (Å²) < 4.78 is 40.8. The largest absolute Gasteiger partial charge is 0.416 e. The monoisotopic (exact) mass is 585 g/mol. The number of amides is 1. The number of rotatable bonds is 6. The van der Waals surface area contributed by atoms with E-state index in [-0.39, 0.29) is 17.2 Å². The Balaban J connectivity index is 1.27. The van der Waals surface area contributed by atoms with Gasteiger partial charge in [0.05, 0.1) is 21.9 Å². The van der Waals surface area contributed by atoms with E-state index in [2.05, 4.69) is 4.90 Å². The minimum Gasteiger partial charge on any atom is -0.336 e. The fourth-order valence-electron chi connectivity index (χ4n) is 5.35. The fourth-order valence-corrected chi connectivity index (χ4v) is 5.35. The van der Waals surface area contributed by atoms with Gasteiger partial charge in [0.25, 0.3) is 11.6 Å². The van der Waals surface area contributed by atoms with Gasteiger partial charge in [0, 0.05) is 62.2 Å². The van der Waals surface area contributed by atoms with E-state index >= 15 is 0 Å². The van der Waals surface area contributed by atoms with E-state index in [1.165, 1.54) is 24.3 Å². The number of nitro groups is 1. The molecular formula is C32H26F3N5O3. The van der Waals surface area contributed by atoms with Gasteiger partial charge in [0.15, 0.2) is 0 Å². The Kier molecular flexibility index (Phi) is 7.41. The average Bonchev–Trinajstić information content (AvgIpc) is 3.38. The van der Waals surface area contributed by atoms with Crippen molar-refractivity contribution >= 4 is 17.2 Å². The van der Waals surface area contributed by atoms with E-state index < -0.39 is 16.7 Å². The minimum atomic E-state index is -4.46. The number of fused-ring (bicyclic) bond motifs is 1. The molecule has 1 aliphatic heterocycles. The topological polar surface area (TPSA) is 84.0 Å². The summed E-state index contributed by atoms with van der Waals surface area (Å²) in [6.45, 7) is 2.34. The smallest absolute Gasteiger partial charge is 0.336 e. The predicted molar refractivity (Wildman–Crippen MR) is 155 cm³/mol. The normalized spacial score (nSPS) is 14.3. The standard InChI is InChI=1S/C32H26F3N5O3/c33-32(34,35)26-12-9-23(10-13-26)31(41)38-17-15-37(16-18-38)21-28-30(24-7-4-8-27(19-24)40(42)43)36-29-14-11-25(20-39(28)29)22-5-2-1-3-6-22/h1-14,19-20H,15-18,21H2. The molecule has 3 heterocycles. The molecule has 1 amide bonds. The van der Waals surface area contributed by atoms with Crippen LogP contribution in [0.15, 0.2) is 97.2 Å². The van der Waals surface area contributed by atoms with Crippen molar-refractivity contribution in [1.29, 1.82) is 0 Å². The predicted octanol–water partition coefficient (Wildman–Crippen LogP) is 6.55. The van der Waals surface area contributed by atoms with Gasteiger partial charge in [-0.15, -0.1) is 0 Å². The summed E-state index contributed by atoms with van der Waals surface area (Å²) in [5.74, 6) is -0.312. The Morgan fingerprint density at radius 3 is 2.21 bits per heavy atom. The number of hydrogen-bond donors (Lipinski definition) is 0. The van der Waals surface area contributed by atoms with Gasteiger partial charge in [0.1, 0.15) is 5.65 Å². The molecule has 0 saturated carbocycles. The number of alkyl halides is 3. The molecule has 1 fully saturated rings. The van der Waals surface area contributed by atoms with Crippen LogP contribution in [0.4, 0.5) is 18.9 Å². The molecule has 5 aromatic rings. The van der Waals surface area contributed by atoms with Crippen LogP contribution >= 0.6 is 0 Å².